The highest BCUT2D eigenvalue weighted by atomic mass is 35.5. The molecule has 5 heteroatoms. The van der Waals surface area contributed by atoms with Crippen LogP contribution in [0.25, 0.3) is 0 Å². The van der Waals surface area contributed by atoms with Gasteiger partial charge in [0.15, 0.2) is 0 Å². The van der Waals surface area contributed by atoms with Crippen molar-refractivity contribution in [2.75, 3.05) is 12.3 Å². The minimum Gasteiger partial charge on any atom is -0.398 e. The molecule has 0 aromatic heterocycles. The standard InChI is InChI=1S/C16H16Cl2N2O/c1-2-20(10-11-6-3-4-8-13(11)17)16(21)12-7-5-9-14(19)15(12)18/h3-9H,2,10,19H2,1H3. The van der Waals surface area contributed by atoms with Crippen LogP contribution < -0.4 is 5.73 Å². The molecule has 0 atom stereocenters. The third kappa shape index (κ3) is 3.49. The predicted octanol–water partition coefficient (Wildman–Crippen LogP) is 4.24. The van der Waals surface area contributed by atoms with Crippen molar-refractivity contribution >= 4 is 34.8 Å². The van der Waals surface area contributed by atoms with Crippen LogP contribution in [0.15, 0.2) is 42.5 Å². The number of carbonyl (C=O) groups is 1. The first-order chi connectivity index (χ1) is 10.0. The number of nitrogen functional groups attached to an aromatic ring is 1. The van der Waals surface area contributed by atoms with Crippen molar-refractivity contribution in [3.05, 3.63) is 63.6 Å². The normalized spacial score (nSPS) is 10.4. The van der Waals surface area contributed by atoms with Crippen LogP contribution in [0.3, 0.4) is 0 Å². The van der Waals surface area contributed by atoms with E-state index in [1.165, 1.54) is 0 Å². The van der Waals surface area contributed by atoms with E-state index in [0.717, 1.165) is 5.56 Å². The van der Waals surface area contributed by atoms with Crippen LogP contribution in [0.2, 0.25) is 10.0 Å². The third-order valence-electron chi connectivity index (χ3n) is 3.25. The molecular formula is C16H16Cl2N2O. The topological polar surface area (TPSA) is 46.3 Å². The summed E-state index contributed by atoms with van der Waals surface area (Å²) < 4.78 is 0. The number of hydrogen-bond donors (Lipinski definition) is 1. The molecule has 0 aliphatic heterocycles. The Kier molecular flexibility index (Phi) is 5.10. The Hall–Kier alpha value is -1.71. The van der Waals surface area contributed by atoms with E-state index in [0.29, 0.717) is 34.4 Å². The molecule has 0 heterocycles. The molecule has 3 nitrogen and oxygen atoms in total. The van der Waals surface area contributed by atoms with Gasteiger partial charge in [-0.2, -0.15) is 0 Å². The second-order valence-corrected chi connectivity index (χ2v) is 5.40. The van der Waals surface area contributed by atoms with Crippen LogP contribution in [0.1, 0.15) is 22.8 Å². The van der Waals surface area contributed by atoms with Crippen LogP contribution in [-0.4, -0.2) is 17.4 Å². The number of rotatable bonds is 4. The summed E-state index contributed by atoms with van der Waals surface area (Å²) in [6.07, 6.45) is 0. The van der Waals surface area contributed by atoms with Crippen molar-refractivity contribution < 1.29 is 4.79 Å². The van der Waals surface area contributed by atoms with E-state index in [-0.39, 0.29) is 5.91 Å². The summed E-state index contributed by atoms with van der Waals surface area (Å²) in [5, 5.41) is 0.933. The molecule has 21 heavy (non-hydrogen) atoms. The van der Waals surface area contributed by atoms with Crippen LogP contribution in [0.5, 0.6) is 0 Å². The van der Waals surface area contributed by atoms with E-state index >= 15 is 0 Å². The Morgan fingerprint density at radius 2 is 1.86 bits per heavy atom. The Bertz CT molecular complexity index is 658. The van der Waals surface area contributed by atoms with E-state index < -0.39 is 0 Å². The number of nitrogens with two attached hydrogens (primary N) is 1. The smallest absolute Gasteiger partial charge is 0.255 e. The minimum absolute atomic E-state index is 0.158. The summed E-state index contributed by atoms with van der Waals surface area (Å²) in [6.45, 7) is 2.89. The fourth-order valence-electron chi connectivity index (χ4n) is 2.04. The van der Waals surface area contributed by atoms with Crippen molar-refractivity contribution in [1.29, 1.82) is 0 Å². The first-order valence-electron chi connectivity index (χ1n) is 6.61. The van der Waals surface area contributed by atoms with E-state index in [1.54, 1.807) is 23.1 Å². The lowest BCUT2D eigenvalue weighted by Crippen LogP contribution is -2.30. The highest BCUT2D eigenvalue weighted by molar-refractivity contribution is 6.36. The van der Waals surface area contributed by atoms with Crippen molar-refractivity contribution in [3.63, 3.8) is 0 Å². The maximum Gasteiger partial charge on any atom is 0.255 e. The van der Waals surface area contributed by atoms with Gasteiger partial charge >= 0.3 is 0 Å². The lowest BCUT2D eigenvalue weighted by molar-refractivity contribution is 0.0753. The molecule has 0 aliphatic rings. The second kappa shape index (κ2) is 6.83. The van der Waals surface area contributed by atoms with Gasteiger partial charge in [-0.05, 0) is 30.7 Å². The number of halogens is 2. The van der Waals surface area contributed by atoms with Gasteiger partial charge in [-0.3, -0.25) is 4.79 Å². The van der Waals surface area contributed by atoms with Gasteiger partial charge in [-0.25, -0.2) is 0 Å². The molecule has 0 saturated carbocycles. The quantitative estimate of drug-likeness (QED) is 0.856. The van der Waals surface area contributed by atoms with Crippen molar-refractivity contribution in [1.82, 2.24) is 4.90 Å². The Morgan fingerprint density at radius 3 is 2.52 bits per heavy atom. The number of hydrogen-bond acceptors (Lipinski definition) is 2. The maximum atomic E-state index is 12.6. The fraction of sp³-hybridized carbons (Fsp3) is 0.188. The monoisotopic (exact) mass is 322 g/mol. The molecule has 0 fully saturated rings. The van der Waals surface area contributed by atoms with E-state index in [1.807, 2.05) is 31.2 Å². The molecule has 2 rings (SSSR count). The molecule has 110 valence electrons. The molecule has 2 aromatic carbocycles. The van der Waals surface area contributed by atoms with Gasteiger partial charge in [0.25, 0.3) is 5.91 Å². The van der Waals surface area contributed by atoms with E-state index in [4.69, 9.17) is 28.9 Å². The highest BCUT2D eigenvalue weighted by Crippen LogP contribution is 2.25. The summed E-state index contributed by atoms with van der Waals surface area (Å²) in [7, 11) is 0. The van der Waals surface area contributed by atoms with Gasteiger partial charge in [0.2, 0.25) is 0 Å². The number of carbonyl (C=O) groups excluding carboxylic acids is 1. The lowest BCUT2D eigenvalue weighted by atomic mass is 10.1. The maximum absolute atomic E-state index is 12.6. The summed E-state index contributed by atoms with van der Waals surface area (Å²) in [5.74, 6) is -0.158. The first kappa shape index (κ1) is 15.7. The first-order valence-corrected chi connectivity index (χ1v) is 7.36. The van der Waals surface area contributed by atoms with Gasteiger partial charge in [-0.15, -0.1) is 0 Å². The Balaban J connectivity index is 2.27. The van der Waals surface area contributed by atoms with Crippen molar-refractivity contribution in [2.24, 2.45) is 0 Å². The zero-order chi connectivity index (χ0) is 15.4. The van der Waals surface area contributed by atoms with Crippen LogP contribution in [0, 0.1) is 0 Å². The molecule has 2 aromatic rings. The summed E-state index contributed by atoms with van der Waals surface area (Å²) in [5.41, 5.74) is 7.46. The molecule has 0 radical (unpaired) electrons. The third-order valence-corrected chi connectivity index (χ3v) is 4.04. The van der Waals surface area contributed by atoms with Crippen LogP contribution in [-0.2, 0) is 6.54 Å². The molecular weight excluding hydrogens is 307 g/mol. The SMILES string of the molecule is CCN(Cc1ccccc1Cl)C(=O)c1cccc(N)c1Cl. The van der Waals surface area contributed by atoms with Crippen molar-refractivity contribution in [3.8, 4) is 0 Å². The summed E-state index contributed by atoms with van der Waals surface area (Å²) >= 11 is 12.3. The molecule has 2 N–H and O–H groups in total. The average Bonchev–Trinajstić information content (AvgIpc) is 2.48. The number of benzene rings is 2. The summed E-state index contributed by atoms with van der Waals surface area (Å²) in [6, 6.07) is 12.5. The average molecular weight is 323 g/mol. The largest absolute Gasteiger partial charge is 0.398 e. The number of amides is 1. The Labute approximate surface area is 134 Å². The molecule has 1 amide bonds. The van der Waals surface area contributed by atoms with Gasteiger partial charge in [-0.1, -0.05) is 47.5 Å². The molecule has 0 unspecified atom stereocenters. The van der Waals surface area contributed by atoms with Crippen LogP contribution >= 0.6 is 23.2 Å². The predicted molar refractivity (Wildman–Crippen MR) is 87.7 cm³/mol. The minimum atomic E-state index is -0.158. The Morgan fingerprint density at radius 1 is 1.14 bits per heavy atom. The number of anilines is 1. The molecule has 0 spiro atoms. The molecule has 0 bridgehead atoms. The molecule has 0 aliphatic carbocycles. The number of nitrogens with zero attached hydrogens (tertiary/aromatic N) is 1. The lowest BCUT2D eigenvalue weighted by Gasteiger charge is -2.22. The van der Waals surface area contributed by atoms with Crippen LogP contribution in [0.4, 0.5) is 5.69 Å². The highest BCUT2D eigenvalue weighted by Gasteiger charge is 2.19. The van der Waals surface area contributed by atoms with Gasteiger partial charge in [0, 0.05) is 18.1 Å². The van der Waals surface area contributed by atoms with Gasteiger partial charge in [0.05, 0.1) is 16.3 Å². The zero-order valence-electron chi connectivity index (χ0n) is 11.6. The van der Waals surface area contributed by atoms with Crippen molar-refractivity contribution in [2.45, 2.75) is 13.5 Å². The van der Waals surface area contributed by atoms with Gasteiger partial charge in [0.1, 0.15) is 0 Å². The van der Waals surface area contributed by atoms with Gasteiger partial charge < -0.3 is 10.6 Å². The van der Waals surface area contributed by atoms with E-state index in [9.17, 15) is 4.79 Å². The fourth-order valence-corrected chi connectivity index (χ4v) is 2.45. The second-order valence-electron chi connectivity index (χ2n) is 4.62. The van der Waals surface area contributed by atoms with E-state index in [2.05, 4.69) is 0 Å². The molecule has 0 saturated heterocycles. The zero-order valence-corrected chi connectivity index (χ0v) is 13.2. The summed E-state index contributed by atoms with van der Waals surface area (Å²) in [4.78, 5) is 14.3.